The summed E-state index contributed by atoms with van der Waals surface area (Å²) in [6.07, 6.45) is 1.23. The first-order valence-corrected chi connectivity index (χ1v) is 8.53. The lowest BCUT2D eigenvalue weighted by molar-refractivity contribution is 0.0177. The Kier molecular flexibility index (Phi) is 4.96. The van der Waals surface area contributed by atoms with E-state index in [2.05, 4.69) is 15.9 Å². The van der Waals surface area contributed by atoms with Crippen molar-refractivity contribution in [2.24, 2.45) is 5.73 Å². The maximum atomic E-state index is 6.05. The standard InChI is InChI=1S/C14H22ClN3OS/c15-11-7-14(20-10-11)13(8-16)18-2-1-12(9-18)17-3-5-19-6-4-17/h7,10,12-13H,1-6,8-9,16H2. The summed E-state index contributed by atoms with van der Waals surface area (Å²) in [5.41, 5.74) is 6.01. The van der Waals surface area contributed by atoms with E-state index < -0.39 is 0 Å². The van der Waals surface area contributed by atoms with Gasteiger partial charge in [-0.05, 0) is 12.5 Å². The van der Waals surface area contributed by atoms with Gasteiger partial charge in [0.15, 0.2) is 0 Å². The summed E-state index contributed by atoms with van der Waals surface area (Å²) in [5.74, 6) is 0. The molecule has 1 aromatic heterocycles. The van der Waals surface area contributed by atoms with Crippen LogP contribution in [0.15, 0.2) is 11.4 Å². The van der Waals surface area contributed by atoms with E-state index in [1.165, 1.54) is 11.3 Å². The summed E-state index contributed by atoms with van der Waals surface area (Å²) in [6, 6.07) is 3.04. The second-order valence-electron chi connectivity index (χ2n) is 5.50. The second kappa shape index (κ2) is 6.73. The van der Waals surface area contributed by atoms with Gasteiger partial charge in [-0.15, -0.1) is 11.3 Å². The number of ether oxygens (including phenoxy) is 1. The van der Waals surface area contributed by atoms with Gasteiger partial charge >= 0.3 is 0 Å². The molecule has 0 radical (unpaired) electrons. The zero-order chi connectivity index (χ0) is 13.9. The van der Waals surface area contributed by atoms with Crippen LogP contribution >= 0.6 is 22.9 Å². The predicted molar refractivity (Wildman–Crippen MR) is 83.5 cm³/mol. The van der Waals surface area contributed by atoms with Gasteiger partial charge in [0.05, 0.1) is 24.3 Å². The van der Waals surface area contributed by atoms with Crippen molar-refractivity contribution in [3.05, 3.63) is 21.3 Å². The SMILES string of the molecule is NCC(c1cc(Cl)cs1)N1CCC(N2CCOCC2)C1. The molecule has 4 nitrogen and oxygen atoms in total. The molecule has 0 spiro atoms. The van der Waals surface area contributed by atoms with Gasteiger partial charge in [-0.1, -0.05) is 11.6 Å². The molecule has 112 valence electrons. The van der Waals surface area contributed by atoms with Gasteiger partial charge in [-0.2, -0.15) is 0 Å². The van der Waals surface area contributed by atoms with Gasteiger partial charge < -0.3 is 10.5 Å². The molecule has 0 bridgehead atoms. The fourth-order valence-corrected chi connectivity index (χ4v) is 4.47. The van der Waals surface area contributed by atoms with Crippen LogP contribution < -0.4 is 5.73 Å². The van der Waals surface area contributed by atoms with Crippen LogP contribution in [0.3, 0.4) is 0 Å². The number of thiophene rings is 1. The highest BCUT2D eigenvalue weighted by Gasteiger charge is 2.32. The minimum absolute atomic E-state index is 0.318. The molecule has 1 aromatic rings. The first-order valence-electron chi connectivity index (χ1n) is 7.28. The molecule has 2 atom stereocenters. The number of rotatable bonds is 4. The molecule has 3 rings (SSSR count). The maximum Gasteiger partial charge on any atom is 0.0594 e. The molecule has 2 aliphatic heterocycles. The quantitative estimate of drug-likeness (QED) is 0.920. The van der Waals surface area contributed by atoms with Crippen LogP contribution in [0.5, 0.6) is 0 Å². The highest BCUT2D eigenvalue weighted by Crippen LogP contribution is 2.31. The highest BCUT2D eigenvalue weighted by atomic mass is 35.5. The van der Waals surface area contributed by atoms with E-state index in [0.29, 0.717) is 18.6 Å². The van der Waals surface area contributed by atoms with Crippen LogP contribution in [0.4, 0.5) is 0 Å². The number of nitrogens with two attached hydrogens (primary N) is 1. The topological polar surface area (TPSA) is 41.7 Å². The molecule has 0 saturated carbocycles. The van der Waals surface area contributed by atoms with Crippen LogP contribution in [-0.4, -0.2) is 61.8 Å². The molecular weight excluding hydrogens is 294 g/mol. The second-order valence-corrected chi connectivity index (χ2v) is 6.88. The molecule has 20 heavy (non-hydrogen) atoms. The molecular formula is C14H22ClN3OS. The lowest BCUT2D eigenvalue weighted by atomic mass is 10.2. The normalized spacial score (nSPS) is 27.0. The summed E-state index contributed by atoms with van der Waals surface area (Å²) in [6.45, 7) is 6.77. The summed E-state index contributed by atoms with van der Waals surface area (Å²) in [5, 5.41) is 2.82. The zero-order valence-electron chi connectivity index (χ0n) is 11.6. The number of hydrogen-bond donors (Lipinski definition) is 1. The average Bonchev–Trinajstić information content (AvgIpc) is 3.11. The lowest BCUT2D eigenvalue weighted by Gasteiger charge is -2.33. The fourth-order valence-electron chi connectivity index (χ4n) is 3.24. The first kappa shape index (κ1) is 14.8. The largest absolute Gasteiger partial charge is 0.379 e. The Morgan fingerprint density at radius 3 is 2.85 bits per heavy atom. The van der Waals surface area contributed by atoms with Crippen molar-refractivity contribution < 1.29 is 4.74 Å². The fraction of sp³-hybridized carbons (Fsp3) is 0.714. The van der Waals surface area contributed by atoms with E-state index in [1.54, 1.807) is 11.3 Å². The van der Waals surface area contributed by atoms with Crippen molar-refractivity contribution in [3.8, 4) is 0 Å². The van der Waals surface area contributed by atoms with Crippen LogP contribution in [0.25, 0.3) is 0 Å². The Morgan fingerprint density at radius 2 is 2.20 bits per heavy atom. The number of halogens is 1. The van der Waals surface area contributed by atoms with E-state index >= 15 is 0 Å². The summed E-state index contributed by atoms with van der Waals surface area (Å²) in [7, 11) is 0. The van der Waals surface area contributed by atoms with Crippen LogP contribution in [0.2, 0.25) is 5.02 Å². The predicted octanol–water partition coefficient (Wildman–Crippen LogP) is 1.81. The van der Waals surface area contributed by atoms with Crippen molar-refractivity contribution in [2.45, 2.75) is 18.5 Å². The van der Waals surface area contributed by atoms with E-state index in [1.807, 2.05) is 5.38 Å². The monoisotopic (exact) mass is 315 g/mol. The van der Waals surface area contributed by atoms with Gasteiger partial charge in [-0.25, -0.2) is 0 Å². The summed E-state index contributed by atoms with van der Waals surface area (Å²) >= 11 is 7.77. The molecule has 0 aliphatic carbocycles. The number of likely N-dealkylation sites (tertiary alicyclic amines) is 1. The molecule has 2 aliphatic rings. The zero-order valence-corrected chi connectivity index (χ0v) is 13.2. The van der Waals surface area contributed by atoms with E-state index in [9.17, 15) is 0 Å². The first-order chi connectivity index (χ1) is 9.78. The van der Waals surface area contributed by atoms with Crippen molar-refractivity contribution in [1.29, 1.82) is 0 Å². The van der Waals surface area contributed by atoms with Crippen molar-refractivity contribution in [3.63, 3.8) is 0 Å². The minimum atomic E-state index is 0.318. The third-order valence-corrected chi connectivity index (χ3v) is 5.72. The Bertz CT molecular complexity index is 436. The van der Waals surface area contributed by atoms with Crippen LogP contribution in [0, 0.1) is 0 Å². The number of morpholine rings is 1. The third-order valence-electron chi connectivity index (χ3n) is 4.34. The Hall–Kier alpha value is -0.170. The van der Waals surface area contributed by atoms with E-state index in [4.69, 9.17) is 22.1 Å². The average molecular weight is 316 g/mol. The highest BCUT2D eigenvalue weighted by molar-refractivity contribution is 7.10. The van der Waals surface area contributed by atoms with Gasteiger partial charge in [-0.3, -0.25) is 9.80 Å². The molecule has 2 fully saturated rings. The molecule has 2 N–H and O–H groups in total. The smallest absolute Gasteiger partial charge is 0.0594 e. The Morgan fingerprint density at radius 1 is 1.40 bits per heavy atom. The van der Waals surface area contributed by atoms with Gasteiger partial charge in [0.2, 0.25) is 0 Å². The van der Waals surface area contributed by atoms with E-state index in [-0.39, 0.29) is 0 Å². The Balaban J connectivity index is 1.62. The van der Waals surface area contributed by atoms with Gasteiger partial charge in [0, 0.05) is 49.0 Å². The third kappa shape index (κ3) is 3.18. The Labute approximate surface area is 129 Å². The van der Waals surface area contributed by atoms with Gasteiger partial charge in [0.1, 0.15) is 0 Å². The van der Waals surface area contributed by atoms with Crippen LogP contribution in [0.1, 0.15) is 17.3 Å². The molecule has 6 heteroatoms. The van der Waals surface area contributed by atoms with Crippen molar-refractivity contribution >= 4 is 22.9 Å². The molecule has 2 unspecified atom stereocenters. The maximum absolute atomic E-state index is 6.05. The number of hydrogen-bond acceptors (Lipinski definition) is 5. The summed E-state index contributed by atoms with van der Waals surface area (Å²) < 4.78 is 5.44. The molecule has 0 aromatic carbocycles. The lowest BCUT2D eigenvalue weighted by Crippen LogP contribution is -2.45. The number of nitrogens with zero attached hydrogens (tertiary/aromatic N) is 2. The van der Waals surface area contributed by atoms with Crippen LogP contribution in [-0.2, 0) is 4.74 Å². The minimum Gasteiger partial charge on any atom is -0.379 e. The molecule has 2 saturated heterocycles. The summed E-state index contributed by atoms with van der Waals surface area (Å²) in [4.78, 5) is 6.38. The molecule has 3 heterocycles. The van der Waals surface area contributed by atoms with Crippen molar-refractivity contribution in [1.82, 2.24) is 9.80 Å². The van der Waals surface area contributed by atoms with Crippen molar-refractivity contribution in [2.75, 3.05) is 45.9 Å². The van der Waals surface area contributed by atoms with Gasteiger partial charge in [0.25, 0.3) is 0 Å². The molecule has 0 amide bonds. The van der Waals surface area contributed by atoms with E-state index in [0.717, 1.165) is 44.4 Å².